The Labute approximate surface area is 239 Å². The normalized spacial score (nSPS) is 15.0. The first-order chi connectivity index (χ1) is 19.4. The van der Waals surface area contributed by atoms with Crippen molar-refractivity contribution < 1.29 is 14.3 Å². The zero-order chi connectivity index (χ0) is 28.1. The van der Waals surface area contributed by atoms with Crippen molar-refractivity contribution in [1.82, 2.24) is 24.8 Å². The Hall–Kier alpha value is -3.95. The predicted octanol–water partition coefficient (Wildman–Crippen LogP) is 5.24. The summed E-state index contributed by atoms with van der Waals surface area (Å²) < 4.78 is 12.2. The molecule has 0 saturated carbocycles. The van der Waals surface area contributed by atoms with Crippen LogP contribution >= 0.6 is 11.6 Å². The summed E-state index contributed by atoms with van der Waals surface area (Å²) in [6, 6.07) is 17.1. The zero-order valence-electron chi connectivity index (χ0n) is 22.9. The minimum absolute atomic E-state index is 0.0325. The first-order valence-corrected chi connectivity index (χ1v) is 13.7. The maximum absolute atomic E-state index is 12.7. The highest BCUT2D eigenvalue weighted by Gasteiger charge is 2.29. The van der Waals surface area contributed by atoms with Crippen LogP contribution in [-0.4, -0.2) is 70.5 Å². The number of nitrogens with one attached hydrogen (secondary N) is 1. The summed E-state index contributed by atoms with van der Waals surface area (Å²) in [4.78, 5) is 29.9. The molecule has 5 rings (SSSR count). The molecule has 1 aliphatic rings. The van der Waals surface area contributed by atoms with Gasteiger partial charge in [0.15, 0.2) is 0 Å². The number of nitrogens with zero attached hydrogens (tertiary/aromatic N) is 5. The number of aryl methyl sites for hydroxylation is 1. The Morgan fingerprint density at radius 1 is 1.10 bits per heavy atom. The molecule has 2 aromatic carbocycles. The average Bonchev–Trinajstić information content (AvgIpc) is 3.40. The third-order valence-electron chi connectivity index (χ3n) is 6.72. The molecule has 0 bridgehead atoms. The number of hydrogen-bond donors (Lipinski definition) is 1. The number of fused-ring (bicyclic) bond motifs is 1. The second-order valence-electron chi connectivity index (χ2n) is 10.1. The first kappa shape index (κ1) is 27.6. The Kier molecular flexibility index (Phi) is 8.62. The van der Waals surface area contributed by atoms with E-state index >= 15 is 0 Å². The monoisotopic (exact) mass is 560 g/mol. The van der Waals surface area contributed by atoms with Crippen molar-refractivity contribution in [2.75, 3.05) is 39.1 Å². The number of carbonyl (C=O) groups excluding carboxylic acids is 1. The van der Waals surface area contributed by atoms with Gasteiger partial charge in [-0.1, -0.05) is 23.7 Å². The average molecular weight is 561 g/mol. The summed E-state index contributed by atoms with van der Waals surface area (Å²) in [6.07, 6.45) is 3.40. The number of hydrogen-bond acceptors (Lipinski definition) is 8. The van der Waals surface area contributed by atoms with Crippen LogP contribution in [0.3, 0.4) is 0 Å². The van der Waals surface area contributed by atoms with Crippen LogP contribution in [0.15, 0.2) is 60.9 Å². The van der Waals surface area contributed by atoms with E-state index in [2.05, 4.69) is 20.3 Å². The van der Waals surface area contributed by atoms with Gasteiger partial charge in [-0.2, -0.15) is 0 Å². The van der Waals surface area contributed by atoms with E-state index in [1.54, 1.807) is 6.07 Å². The molecule has 10 heteroatoms. The van der Waals surface area contributed by atoms with Crippen molar-refractivity contribution in [3.63, 3.8) is 0 Å². The van der Waals surface area contributed by atoms with Gasteiger partial charge in [-0.15, -0.1) is 0 Å². The lowest BCUT2D eigenvalue weighted by atomic mass is 10.2. The summed E-state index contributed by atoms with van der Waals surface area (Å²) in [7, 11) is 3.81. The number of likely N-dealkylation sites (tertiary alicyclic amines) is 1. The van der Waals surface area contributed by atoms with Gasteiger partial charge in [0.2, 0.25) is 5.91 Å². The lowest BCUT2D eigenvalue weighted by Gasteiger charge is -2.26. The number of amides is 1. The predicted molar refractivity (Wildman–Crippen MR) is 156 cm³/mol. The van der Waals surface area contributed by atoms with Crippen LogP contribution in [0.1, 0.15) is 24.2 Å². The molecule has 1 saturated heterocycles. The van der Waals surface area contributed by atoms with E-state index in [9.17, 15) is 4.79 Å². The molecule has 0 aliphatic carbocycles. The lowest BCUT2D eigenvalue weighted by molar-refractivity contribution is -0.133. The van der Waals surface area contributed by atoms with E-state index in [1.165, 1.54) is 6.33 Å². The van der Waals surface area contributed by atoms with Crippen LogP contribution in [0.5, 0.6) is 11.5 Å². The van der Waals surface area contributed by atoms with Gasteiger partial charge in [-0.05, 0) is 76.3 Å². The van der Waals surface area contributed by atoms with Gasteiger partial charge in [0.25, 0.3) is 0 Å². The Morgan fingerprint density at radius 2 is 1.95 bits per heavy atom. The Balaban J connectivity index is 1.31. The molecular weight excluding hydrogens is 528 g/mol. The number of rotatable bonds is 10. The van der Waals surface area contributed by atoms with Crippen molar-refractivity contribution in [3.8, 4) is 11.5 Å². The van der Waals surface area contributed by atoms with Gasteiger partial charge in [-0.25, -0.2) is 9.97 Å². The summed E-state index contributed by atoms with van der Waals surface area (Å²) in [5.74, 6) is 1.95. The highest BCUT2D eigenvalue weighted by atomic mass is 35.5. The molecule has 40 heavy (non-hydrogen) atoms. The molecule has 0 spiro atoms. The minimum atomic E-state index is 0.0325. The molecule has 1 aliphatic heterocycles. The topological polar surface area (TPSA) is 92.7 Å². The van der Waals surface area contributed by atoms with Crippen molar-refractivity contribution in [1.29, 1.82) is 0 Å². The number of benzene rings is 2. The van der Waals surface area contributed by atoms with Crippen LogP contribution in [0.4, 0.5) is 11.5 Å². The number of ether oxygens (including phenoxy) is 2. The second-order valence-corrected chi connectivity index (χ2v) is 10.5. The fraction of sp³-hybridized carbons (Fsp3) is 0.333. The molecule has 208 valence electrons. The van der Waals surface area contributed by atoms with Gasteiger partial charge in [0.1, 0.15) is 36.9 Å². The maximum atomic E-state index is 12.7. The van der Waals surface area contributed by atoms with Gasteiger partial charge >= 0.3 is 0 Å². The molecule has 1 amide bonds. The van der Waals surface area contributed by atoms with E-state index in [1.807, 2.05) is 79.3 Å². The highest BCUT2D eigenvalue weighted by molar-refractivity contribution is 6.32. The van der Waals surface area contributed by atoms with E-state index < -0.39 is 0 Å². The number of pyridine rings is 1. The van der Waals surface area contributed by atoms with Crippen molar-refractivity contribution >= 4 is 39.9 Å². The molecule has 1 fully saturated rings. The van der Waals surface area contributed by atoms with Gasteiger partial charge < -0.3 is 24.6 Å². The molecule has 1 atom stereocenters. The van der Waals surface area contributed by atoms with E-state index in [0.29, 0.717) is 42.1 Å². The smallest absolute Gasteiger partial charge is 0.237 e. The third kappa shape index (κ3) is 6.60. The van der Waals surface area contributed by atoms with Crippen LogP contribution in [0.25, 0.3) is 10.9 Å². The largest absolute Gasteiger partial charge is 0.491 e. The van der Waals surface area contributed by atoms with Gasteiger partial charge in [0, 0.05) is 17.9 Å². The van der Waals surface area contributed by atoms with Crippen molar-refractivity contribution in [2.45, 2.75) is 32.4 Å². The van der Waals surface area contributed by atoms with Crippen LogP contribution in [0.2, 0.25) is 5.02 Å². The fourth-order valence-corrected chi connectivity index (χ4v) is 5.08. The summed E-state index contributed by atoms with van der Waals surface area (Å²) in [5, 5.41) is 4.59. The molecule has 2 aromatic heterocycles. The number of halogens is 1. The number of carbonyl (C=O) groups is 1. The Bertz CT molecular complexity index is 1490. The van der Waals surface area contributed by atoms with Crippen molar-refractivity contribution in [2.24, 2.45) is 0 Å². The molecule has 4 aromatic rings. The molecule has 0 radical (unpaired) electrons. The lowest BCUT2D eigenvalue weighted by Crippen LogP contribution is -2.43. The van der Waals surface area contributed by atoms with Gasteiger partial charge in [0.05, 0.1) is 34.2 Å². The van der Waals surface area contributed by atoms with E-state index in [-0.39, 0.29) is 11.9 Å². The number of anilines is 2. The maximum Gasteiger partial charge on any atom is 0.237 e. The molecule has 9 nitrogen and oxygen atoms in total. The highest BCUT2D eigenvalue weighted by Crippen LogP contribution is 2.34. The molecule has 3 heterocycles. The third-order valence-corrected chi connectivity index (χ3v) is 7.02. The zero-order valence-corrected chi connectivity index (χ0v) is 23.7. The van der Waals surface area contributed by atoms with Crippen LogP contribution in [0, 0.1) is 6.92 Å². The molecule has 1 N–H and O–H groups in total. The van der Waals surface area contributed by atoms with E-state index in [4.69, 9.17) is 21.1 Å². The molecular formula is C30H33ClN6O3. The summed E-state index contributed by atoms with van der Waals surface area (Å²) in [5.41, 5.74) is 3.27. The first-order valence-electron chi connectivity index (χ1n) is 13.3. The number of aromatic nitrogens is 3. The molecule has 0 unspecified atom stereocenters. The van der Waals surface area contributed by atoms with Gasteiger partial charge in [-0.3, -0.25) is 9.78 Å². The standard InChI is InChI=1S/C30H33ClN6O3/c1-20-7-4-8-22(34-20)17-39-26-13-12-21(15-24(26)31)35-30-29-25(32-19-33-30)10-5-11-27(29)40-18-23-9-6-14-37(23)28(38)16-36(2)3/h4-5,7-8,10-13,15,19,23H,6,9,14,16-18H2,1-3H3,(H,32,33,35)/t23-/m0/s1. The quantitative estimate of drug-likeness (QED) is 0.281. The number of likely N-dealkylation sites (N-methyl/N-ethyl adjacent to an activating group) is 1. The summed E-state index contributed by atoms with van der Waals surface area (Å²) >= 11 is 6.56. The SMILES string of the molecule is Cc1cccc(COc2ccc(Nc3ncnc4cccc(OC[C@@H]5CCCN5C(=O)CN(C)C)c34)cc2Cl)n1. The minimum Gasteiger partial charge on any atom is -0.491 e. The second kappa shape index (κ2) is 12.5. The van der Waals surface area contributed by atoms with Crippen LogP contribution in [-0.2, 0) is 11.4 Å². The van der Waals surface area contributed by atoms with Crippen molar-refractivity contribution in [3.05, 3.63) is 77.3 Å². The summed E-state index contributed by atoms with van der Waals surface area (Å²) in [6.45, 7) is 3.82. The van der Waals surface area contributed by atoms with E-state index in [0.717, 1.165) is 47.4 Å². The Morgan fingerprint density at radius 3 is 2.75 bits per heavy atom. The van der Waals surface area contributed by atoms with Crippen LogP contribution < -0.4 is 14.8 Å². The fourth-order valence-electron chi connectivity index (χ4n) is 4.84.